The van der Waals surface area contributed by atoms with Gasteiger partial charge in [-0.15, -0.1) is 0 Å². The van der Waals surface area contributed by atoms with Crippen molar-refractivity contribution < 1.29 is 19.2 Å². The molecule has 7 nitrogen and oxygen atoms in total. The van der Waals surface area contributed by atoms with E-state index in [2.05, 4.69) is 10.3 Å². The van der Waals surface area contributed by atoms with Crippen LogP contribution in [0, 0.1) is 10.1 Å². The van der Waals surface area contributed by atoms with Gasteiger partial charge in [0.2, 0.25) is 0 Å². The van der Waals surface area contributed by atoms with Crippen molar-refractivity contribution >= 4 is 28.7 Å². The molecule has 1 fully saturated rings. The molecule has 1 aliphatic heterocycles. The molecular weight excluding hydrogens is 356 g/mol. The number of esters is 1. The number of carbonyl (C=O) groups excluding carboxylic acids is 1. The topological polar surface area (TPSA) is 81.9 Å². The Labute approximate surface area is 155 Å². The van der Waals surface area contributed by atoms with Crippen molar-refractivity contribution in [2.45, 2.75) is 26.1 Å². The van der Waals surface area contributed by atoms with Crippen molar-refractivity contribution in [3.8, 4) is 0 Å². The maximum Gasteiger partial charge on any atom is 0.345 e. The van der Waals surface area contributed by atoms with E-state index < -0.39 is 10.9 Å². The first-order chi connectivity index (χ1) is 12.5. The van der Waals surface area contributed by atoms with Gasteiger partial charge in [-0.2, -0.15) is 11.3 Å². The van der Waals surface area contributed by atoms with Crippen molar-refractivity contribution in [1.29, 1.82) is 0 Å². The van der Waals surface area contributed by atoms with E-state index in [1.165, 1.54) is 6.07 Å². The molecule has 0 amide bonds. The molecule has 1 saturated heterocycles. The van der Waals surface area contributed by atoms with Crippen LogP contribution in [0.1, 0.15) is 35.9 Å². The van der Waals surface area contributed by atoms with Gasteiger partial charge in [0.25, 0.3) is 5.69 Å². The summed E-state index contributed by atoms with van der Waals surface area (Å²) in [6.45, 7) is 5.07. The Bertz CT molecular complexity index is 793. The van der Waals surface area contributed by atoms with Gasteiger partial charge in [0.05, 0.1) is 17.6 Å². The highest BCUT2D eigenvalue weighted by molar-refractivity contribution is 7.07. The summed E-state index contributed by atoms with van der Waals surface area (Å²) in [6.07, 6.45) is -0.0823. The predicted molar refractivity (Wildman–Crippen MR) is 98.9 cm³/mol. The fourth-order valence-electron chi connectivity index (χ4n) is 3.06. The van der Waals surface area contributed by atoms with Crippen LogP contribution in [0.15, 0.2) is 35.0 Å². The Morgan fingerprint density at radius 3 is 2.88 bits per heavy atom. The summed E-state index contributed by atoms with van der Waals surface area (Å²) in [4.78, 5) is 24.9. The molecule has 1 aromatic heterocycles. The van der Waals surface area contributed by atoms with E-state index in [-0.39, 0.29) is 30.1 Å². The van der Waals surface area contributed by atoms with Crippen molar-refractivity contribution in [3.63, 3.8) is 0 Å². The Morgan fingerprint density at radius 2 is 2.23 bits per heavy atom. The number of carbonyl (C=O) groups is 1. The Kier molecular flexibility index (Phi) is 5.53. The van der Waals surface area contributed by atoms with Gasteiger partial charge >= 0.3 is 5.97 Å². The molecule has 0 saturated carbocycles. The molecule has 0 radical (unpaired) electrons. The van der Waals surface area contributed by atoms with E-state index in [1.54, 1.807) is 30.4 Å². The highest BCUT2D eigenvalue weighted by Gasteiger charge is 2.29. The Balaban J connectivity index is 1.91. The van der Waals surface area contributed by atoms with Crippen LogP contribution in [-0.2, 0) is 9.47 Å². The molecule has 138 valence electrons. The van der Waals surface area contributed by atoms with Crippen molar-refractivity contribution in [2.75, 3.05) is 24.6 Å². The van der Waals surface area contributed by atoms with Crippen molar-refractivity contribution in [1.82, 2.24) is 0 Å². The van der Waals surface area contributed by atoms with E-state index in [0.29, 0.717) is 13.1 Å². The number of nitro groups is 1. The monoisotopic (exact) mass is 376 g/mol. The first-order valence-corrected chi connectivity index (χ1v) is 9.32. The molecular formula is C18H20N2O5S. The van der Waals surface area contributed by atoms with Crippen molar-refractivity contribution in [2.24, 2.45) is 0 Å². The smallest absolute Gasteiger partial charge is 0.345 e. The van der Waals surface area contributed by atoms with Crippen molar-refractivity contribution in [3.05, 3.63) is 56.3 Å². The lowest BCUT2D eigenvalue weighted by molar-refractivity contribution is -0.385. The molecule has 2 atom stereocenters. The van der Waals surface area contributed by atoms with Crippen LogP contribution in [0.2, 0.25) is 0 Å². The molecule has 0 aliphatic carbocycles. The van der Waals surface area contributed by atoms with Gasteiger partial charge < -0.3 is 14.4 Å². The highest BCUT2D eigenvalue weighted by atomic mass is 32.1. The fraction of sp³-hybridized carbons (Fsp3) is 0.389. The van der Waals surface area contributed by atoms with Crippen LogP contribution in [0.4, 0.5) is 11.4 Å². The summed E-state index contributed by atoms with van der Waals surface area (Å²) in [5.41, 5.74) is 1.58. The first kappa shape index (κ1) is 18.3. The molecule has 2 heterocycles. The second-order valence-corrected chi connectivity index (χ2v) is 6.86. The summed E-state index contributed by atoms with van der Waals surface area (Å²) in [7, 11) is 0. The Morgan fingerprint density at radius 1 is 1.42 bits per heavy atom. The number of ether oxygens (including phenoxy) is 2. The van der Waals surface area contributed by atoms with Crippen LogP contribution >= 0.6 is 11.3 Å². The minimum atomic E-state index is -0.684. The zero-order valence-electron chi connectivity index (χ0n) is 14.6. The Hall–Kier alpha value is -2.45. The van der Waals surface area contributed by atoms with Gasteiger partial charge in [-0.25, -0.2) is 4.79 Å². The molecule has 2 aromatic rings. The third kappa shape index (κ3) is 3.86. The summed E-state index contributed by atoms with van der Waals surface area (Å²) >= 11 is 1.61. The van der Waals surface area contributed by atoms with Crippen LogP contribution in [0.25, 0.3) is 0 Å². The fourth-order valence-corrected chi connectivity index (χ4v) is 3.76. The predicted octanol–water partition coefficient (Wildman–Crippen LogP) is 3.80. The molecule has 26 heavy (non-hydrogen) atoms. The van der Waals surface area contributed by atoms with Crippen LogP contribution in [0.3, 0.4) is 0 Å². The minimum absolute atomic E-state index is 0.00474. The second kappa shape index (κ2) is 7.84. The lowest BCUT2D eigenvalue weighted by Gasteiger charge is -2.38. The number of hydrogen-bond donors (Lipinski definition) is 0. The lowest BCUT2D eigenvalue weighted by Crippen LogP contribution is -2.42. The third-order valence-corrected chi connectivity index (χ3v) is 4.91. The average molecular weight is 376 g/mol. The van der Waals surface area contributed by atoms with Gasteiger partial charge in [0, 0.05) is 24.8 Å². The largest absolute Gasteiger partial charge is 0.462 e. The van der Waals surface area contributed by atoms with Gasteiger partial charge in [-0.05, 0) is 48.4 Å². The minimum Gasteiger partial charge on any atom is -0.462 e. The normalized spacial score (nSPS) is 20.0. The van der Waals surface area contributed by atoms with E-state index in [4.69, 9.17) is 9.47 Å². The molecule has 2 unspecified atom stereocenters. The maximum atomic E-state index is 12.2. The van der Waals surface area contributed by atoms with E-state index in [9.17, 15) is 14.9 Å². The number of thiophene rings is 1. The average Bonchev–Trinajstić information content (AvgIpc) is 3.15. The van der Waals surface area contributed by atoms with Gasteiger partial charge in [-0.3, -0.25) is 10.1 Å². The quantitative estimate of drug-likeness (QED) is 0.448. The number of nitro benzene ring substituents is 1. The third-order valence-electron chi connectivity index (χ3n) is 4.21. The summed E-state index contributed by atoms with van der Waals surface area (Å²) in [5, 5.41) is 15.3. The molecule has 0 bridgehead atoms. The van der Waals surface area contributed by atoms with E-state index >= 15 is 0 Å². The number of morpholine rings is 1. The van der Waals surface area contributed by atoms with Crippen LogP contribution in [0.5, 0.6) is 0 Å². The molecule has 8 heteroatoms. The molecule has 1 aromatic carbocycles. The van der Waals surface area contributed by atoms with E-state index in [0.717, 1.165) is 11.3 Å². The van der Waals surface area contributed by atoms with Gasteiger partial charge in [-0.1, -0.05) is 0 Å². The van der Waals surface area contributed by atoms with Crippen LogP contribution < -0.4 is 4.90 Å². The number of rotatable bonds is 5. The first-order valence-electron chi connectivity index (χ1n) is 8.37. The lowest BCUT2D eigenvalue weighted by atomic mass is 10.1. The van der Waals surface area contributed by atoms with Crippen LogP contribution in [-0.4, -0.2) is 36.7 Å². The zero-order valence-corrected chi connectivity index (χ0v) is 15.4. The van der Waals surface area contributed by atoms with E-state index in [1.807, 2.05) is 18.4 Å². The highest BCUT2D eigenvalue weighted by Crippen LogP contribution is 2.32. The second-order valence-electron chi connectivity index (χ2n) is 6.08. The molecule has 3 rings (SSSR count). The molecule has 1 aliphatic rings. The number of benzene rings is 1. The summed E-state index contributed by atoms with van der Waals surface area (Å²) < 4.78 is 11.0. The molecule has 0 N–H and O–H groups in total. The standard InChI is InChI=1S/C18H20N2O5S/c1-3-24-18(21)15-8-14(4-5-16(15)20(22)23)19-9-12(2)25-17(10-19)13-6-7-26-11-13/h4-8,11-12,17H,3,9-10H2,1-2H3. The maximum absolute atomic E-state index is 12.2. The summed E-state index contributed by atoms with van der Waals surface area (Å²) in [6, 6.07) is 6.61. The van der Waals surface area contributed by atoms with Gasteiger partial charge in [0.1, 0.15) is 11.7 Å². The number of anilines is 1. The number of nitrogens with zero attached hydrogens (tertiary/aromatic N) is 2. The SMILES string of the molecule is CCOC(=O)c1cc(N2CC(C)OC(c3ccsc3)C2)ccc1[N+](=O)[O-]. The zero-order chi connectivity index (χ0) is 18.7. The van der Waals surface area contributed by atoms with Gasteiger partial charge in [0.15, 0.2) is 0 Å². The number of hydrogen-bond acceptors (Lipinski definition) is 7. The summed E-state index contributed by atoms with van der Waals surface area (Å²) in [5.74, 6) is -0.684. The molecule has 0 spiro atoms.